The summed E-state index contributed by atoms with van der Waals surface area (Å²) in [6.07, 6.45) is 3.42. The predicted molar refractivity (Wildman–Crippen MR) is 149 cm³/mol. The minimum atomic E-state index is -2.63. The molecule has 40 heavy (non-hydrogen) atoms. The molecule has 0 amide bonds. The number of hydrogen-bond acceptors (Lipinski definition) is 4. The molecule has 0 unspecified atom stereocenters. The standard InChI is InChI=1S/C31H25F3N6/c1-18-11-27-24(13-23(18)20-12-19(14-35-15-20)16-40-10-9-31(33,34)17-40)29(39-38-27)30-36-26-8-4-6-22(28(26)37-30)21-5-2-3-7-25(21)32/h2-8,11-15H,9-10,16-17H2,1H3,(H,36,37)(H,38,39). The number of nitrogens with one attached hydrogen (secondary N) is 2. The van der Waals surface area contributed by atoms with Crippen LogP contribution < -0.4 is 0 Å². The quantitative estimate of drug-likeness (QED) is 0.245. The highest BCUT2D eigenvalue weighted by Gasteiger charge is 2.37. The Balaban J connectivity index is 1.28. The van der Waals surface area contributed by atoms with Crippen molar-refractivity contribution in [3.63, 3.8) is 0 Å². The Kier molecular flexibility index (Phi) is 5.71. The fourth-order valence-corrected chi connectivity index (χ4v) is 5.63. The summed E-state index contributed by atoms with van der Waals surface area (Å²) in [6, 6.07) is 18.4. The van der Waals surface area contributed by atoms with Gasteiger partial charge in [-0.25, -0.2) is 18.2 Å². The molecule has 3 aromatic heterocycles. The molecule has 9 heteroatoms. The zero-order valence-corrected chi connectivity index (χ0v) is 21.7. The molecule has 2 N–H and O–H groups in total. The topological polar surface area (TPSA) is 73.5 Å². The maximum Gasteiger partial charge on any atom is 0.261 e. The molecular weight excluding hydrogens is 513 g/mol. The van der Waals surface area contributed by atoms with Crippen LogP contribution in [0.5, 0.6) is 0 Å². The maximum absolute atomic E-state index is 14.6. The Hall–Kier alpha value is -4.50. The van der Waals surface area contributed by atoms with Crippen LogP contribution in [0.25, 0.3) is 55.7 Å². The molecule has 0 aliphatic carbocycles. The number of pyridine rings is 1. The number of aryl methyl sites for hydroxylation is 1. The highest BCUT2D eigenvalue weighted by Crippen LogP contribution is 2.35. The molecule has 6 nitrogen and oxygen atoms in total. The third-order valence-corrected chi connectivity index (χ3v) is 7.57. The van der Waals surface area contributed by atoms with Crippen LogP contribution in [0.1, 0.15) is 17.5 Å². The van der Waals surface area contributed by atoms with Gasteiger partial charge in [0, 0.05) is 54.0 Å². The number of aromatic nitrogens is 5. The largest absolute Gasteiger partial charge is 0.337 e. The van der Waals surface area contributed by atoms with Gasteiger partial charge in [0.05, 0.1) is 23.1 Å². The summed E-state index contributed by atoms with van der Waals surface area (Å²) in [4.78, 5) is 14.4. The zero-order chi connectivity index (χ0) is 27.4. The number of nitrogens with zero attached hydrogens (tertiary/aromatic N) is 4. The lowest BCUT2D eigenvalue weighted by atomic mass is 9.98. The van der Waals surface area contributed by atoms with Crippen molar-refractivity contribution in [3.05, 3.63) is 90.0 Å². The maximum atomic E-state index is 14.6. The molecule has 3 aromatic carbocycles. The van der Waals surface area contributed by atoms with Crippen molar-refractivity contribution in [1.82, 2.24) is 30.0 Å². The zero-order valence-electron chi connectivity index (χ0n) is 21.7. The Morgan fingerprint density at radius 2 is 1.80 bits per heavy atom. The number of benzene rings is 3. The van der Waals surface area contributed by atoms with E-state index in [0.717, 1.165) is 38.7 Å². The summed E-state index contributed by atoms with van der Waals surface area (Å²) in [7, 11) is 0. The fourth-order valence-electron chi connectivity index (χ4n) is 5.63. The third kappa shape index (κ3) is 4.32. The number of alkyl halides is 2. The van der Waals surface area contributed by atoms with Gasteiger partial charge in [0.1, 0.15) is 11.5 Å². The Labute approximate surface area is 227 Å². The molecule has 4 heterocycles. The van der Waals surface area contributed by atoms with Crippen molar-refractivity contribution in [2.75, 3.05) is 13.1 Å². The second kappa shape index (κ2) is 9.31. The summed E-state index contributed by atoms with van der Waals surface area (Å²) in [5.41, 5.74) is 7.93. The lowest BCUT2D eigenvalue weighted by molar-refractivity contribution is 0.0115. The highest BCUT2D eigenvalue weighted by atomic mass is 19.3. The molecule has 6 aromatic rings. The van der Waals surface area contributed by atoms with Crippen LogP contribution in [-0.4, -0.2) is 49.1 Å². The van der Waals surface area contributed by atoms with E-state index in [1.807, 2.05) is 37.3 Å². The molecule has 1 saturated heterocycles. The highest BCUT2D eigenvalue weighted by molar-refractivity contribution is 5.99. The predicted octanol–water partition coefficient (Wildman–Crippen LogP) is 7.12. The molecule has 0 spiro atoms. The van der Waals surface area contributed by atoms with Gasteiger partial charge in [0.25, 0.3) is 5.92 Å². The van der Waals surface area contributed by atoms with Crippen molar-refractivity contribution < 1.29 is 13.2 Å². The molecule has 0 bridgehead atoms. The van der Waals surface area contributed by atoms with E-state index in [-0.39, 0.29) is 18.8 Å². The van der Waals surface area contributed by atoms with Crippen molar-refractivity contribution in [2.24, 2.45) is 0 Å². The molecule has 0 saturated carbocycles. The molecule has 200 valence electrons. The van der Waals surface area contributed by atoms with Crippen molar-refractivity contribution in [3.8, 4) is 33.8 Å². The minimum absolute atomic E-state index is 0.108. The Bertz CT molecular complexity index is 1890. The van der Waals surface area contributed by atoms with Gasteiger partial charge in [-0.05, 0) is 53.9 Å². The monoisotopic (exact) mass is 538 g/mol. The first-order chi connectivity index (χ1) is 19.3. The number of fused-ring (bicyclic) bond motifs is 2. The van der Waals surface area contributed by atoms with E-state index in [1.165, 1.54) is 6.07 Å². The summed E-state index contributed by atoms with van der Waals surface area (Å²) in [5, 5.41) is 8.55. The van der Waals surface area contributed by atoms with E-state index in [0.29, 0.717) is 41.3 Å². The smallest absolute Gasteiger partial charge is 0.261 e. The van der Waals surface area contributed by atoms with E-state index in [2.05, 4.69) is 26.2 Å². The number of rotatable bonds is 5. The number of aromatic amines is 2. The van der Waals surface area contributed by atoms with Crippen LogP contribution in [0.3, 0.4) is 0 Å². The normalized spacial score (nSPS) is 15.4. The van der Waals surface area contributed by atoms with Crippen molar-refractivity contribution in [2.45, 2.75) is 25.8 Å². The van der Waals surface area contributed by atoms with Gasteiger partial charge in [-0.15, -0.1) is 0 Å². The van der Waals surface area contributed by atoms with Gasteiger partial charge < -0.3 is 4.98 Å². The Morgan fingerprint density at radius 3 is 2.62 bits per heavy atom. The van der Waals surface area contributed by atoms with Gasteiger partial charge in [-0.2, -0.15) is 5.10 Å². The van der Waals surface area contributed by atoms with Gasteiger partial charge in [0.2, 0.25) is 0 Å². The van der Waals surface area contributed by atoms with Gasteiger partial charge >= 0.3 is 0 Å². The molecule has 1 aliphatic rings. The summed E-state index contributed by atoms with van der Waals surface area (Å²) in [6.45, 7) is 2.59. The van der Waals surface area contributed by atoms with Crippen LogP contribution in [0.4, 0.5) is 13.2 Å². The minimum Gasteiger partial charge on any atom is -0.337 e. The van der Waals surface area contributed by atoms with Crippen LogP contribution >= 0.6 is 0 Å². The number of H-pyrrole nitrogens is 2. The van der Waals surface area contributed by atoms with Crippen LogP contribution in [0.15, 0.2) is 73.1 Å². The van der Waals surface area contributed by atoms with Gasteiger partial charge in [-0.1, -0.05) is 30.3 Å². The number of imidazole rings is 1. The van der Waals surface area contributed by atoms with Crippen LogP contribution in [0, 0.1) is 12.7 Å². The number of hydrogen-bond donors (Lipinski definition) is 2. The SMILES string of the molecule is Cc1cc2[nH]nc(-c3nc4c(-c5ccccc5F)cccc4[nH]3)c2cc1-c1cncc(CN2CCC(F)(F)C2)c1. The summed E-state index contributed by atoms with van der Waals surface area (Å²) in [5.74, 6) is -2.36. The lowest BCUT2D eigenvalue weighted by Gasteiger charge is -2.16. The first kappa shape index (κ1) is 24.5. The first-order valence-corrected chi connectivity index (χ1v) is 13.1. The Morgan fingerprint density at radius 1 is 0.950 bits per heavy atom. The average molecular weight is 539 g/mol. The molecule has 7 rings (SSSR count). The fraction of sp³-hybridized carbons (Fsp3) is 0.194. The molecule has 1 aliphatic heterocycles. The lowest BCUT2D eigenvalue weighted by Crippen LogP contribution is -2.24. The molecule has 0 radical (unpaired) electrons. The second-order valence-corrected chi connectivity index (χ2v) is 10.5. The third-order valence-electron chi connectivity index (χ3n) is 7.57. The summed E-state index contributed by atoms with van der Waals surface area (Å²) >= 11 is 0. The molecule has 1 fully saturated rings. The first-order valence-electron chi connectivity index (χ1n) is 13.1. The van der Waals surface area contributed by atoms with Gasteiger partial charge in [-0.3, -0.25) is 15.0 Å². The number of para-hydroxylation sites is 1. The summed E-state index contributed by atoms with van der Waals surface area (Å²) < 4.78 is 42.0. The van der Waals surface area contributed by atoms with E-state index < -0.39 is 5.92 Å². The van der Waals surface area contributed by atoms with E-state index in [1.54, 1.807) is 35.5 Å². The number of halogens is 3. The number of likely N-dealkylation sites (tertiary alicyclic amines) is 1. The molecule has 0 atom stereocenters. The van der Waals surface area contributed by atoms with E-state index >= 15 is 0 Å². The van der Waals surface area contributed by atoms with Crippen molar-refractivity contribution in [1.29, 1.82) is 0 Å². The van der Waals surface area contributed by atoms with E-state index in [4.69, 9.17) is 4.98 Å². The van der Waals surface area contributed by atoms with Crippen LogP contribution in [-0.2, 0) is 6.54 Å². The van der Waals surface area contributed by atoms with Crippen LogP contribution in [0.2, 0.25) is 0 Å². The van der Waals surface area contributed by atoms with Crippen molar-refractivity contribution >= 4 is 21.9 Å². The molecular formula is C31H25F3N6. The van der Waals surface area contributed by atoms with E-state index in [9.17, 15) is 13.2 Å². The van der Waals surface area contributed by atoms with Gasteiger partial charge in [0.15, 0.2) is 5.82 Å². The average Bonchev–Trinajstić information content (AvgIpc) is 3.64. The second-order valence-electron chi connectivity index (χ2n) is 10.5.